The Bertz CT molecular complexity index is 458. The molecule has 1 aromatic rings. The highest BCUT2D eigenvalue weighted by atomic mass is 35.5. The molecule has 0 amide bonds. The summed E-state index contributed by atoms with van der Waals surface area (Å²) >= 11 is 5.94. The number of hydrogen-bond acceptors (Lipinski definition) is 2. The number of halogens is 1. The largest absolute Gasteiger partial charge is 0.496 e. The minimum atomic E-state index is 0.572. The van der Waals surface area contributed by atoms with Crippen LogP contribution < -0.4 is 15.4 Å². The van der Waals surface area contributed by atoms with Crippen molar-refractivity contribution in [2.75, 3.05) is 13.7 Å². The van der Waals surface area contributed by atoms with E-state index in [0.29, 0.717) is 17.6 Å². The monoisotopic (exact) mass is 281 g/mol. The molecule has 0 radical (unpaired) electrons. The Morgan fingerprint density at radius 3 is 2.89 bits per heavy atom. The van der Waals surface area contributed by atoms with Gasteiger partial charge in [-0.2, -0.15) is 0 Å². The molecule has 104 valence electrons. The second-order valence-electron chi connectivity index (χ2n) is 4.57. The van der Waals surface area contributed by atoms with Gasteiger partial charge >= 0.3 is 0 Å². The Morgan fingerprint density at radius 2 is 2.26 bits per heavy atom. The zero-order valence-corrected chi connectivity index (χ0v) is 12.1. The summed E-state index contributed by atoms with van der Waals surface area (Å²) in [5, 5.41) is 7.30. The molecule has 2 rings (SSSR count). The Kier molecular flexibility index (Phi) is 4.91. The van der Waals surface area contributed by atoms with Crippen LogP contribution in [-0.4, -0.2) is 25.7 Å². The van der Waals surface area contributed by atoms with E-state index in [4.69, 9.17) is 16.3 Å². The molecule has 0 aromatic heterocycles. The molecule has 19 heavy (non-hydrogen) atoms. The van der Waals surface area contributed by atoms with Crippen LogP contribution in [0.5, 0.6) is 5.75 Å². The van der Waals surface area contributed by atoms with Crippen molar-refractivity contribution in [1.82, 2.24) is 10.6 Å². The topological polar surface area (TPSA) is 45.7 Å². The molecule has 5 heteroatoms. The maximum Gasteiger partial charge on any atom is 0.191 e. The molecule has 0 saturated heterocycles. The minimum Gasteiger partial charge on any atom is -0.496 e. The van der Waals surface area contributed by atoms with Gasteiger partial charge in [0, 0.05) is 23.2 Å². The van der Waals surface area contributed by atoms with Crippen LogP contribution in [0.4, 0.5) is 0 Å². The number of aliphatic imine (C=N–C) groups is 1. The van der Waals surface area contributed by atoms with E-state index in [1.54, 1.807) is 7.11 Å². The average molecular weight is 282 g/mol. The lowest BCUT2D eigenvalue weighted by Crippen LogP contribution is -2.38. The third-order valence-corrected chi connectivity index (χ3v) is 3.15. The molecule has 0 unspecified atom stereocenters. The normalized spacial score (nSPS) is 15.2. The molecule has 0 aliphatic heterocycles. The second-order valence-corrected chi connectivity index (χ2v) is 5.01. The van der Waals surface area contributed by atoms with Crippen LogP contribution in [0.3, 0.4) is 0 Å². The van der Waals surface area contributed by atoms with E-state index in [2.05, 4.69) is 22.5 Å². The SMILES string of the molecule is CCNC(=NCc1ccc(Cl)cc1OC)NC1CC1. The number of nitrogens with zero attached hydrogens (tertiary/aromatic N) is 1. The van der Waals surface area contributed by atoms with Crippen LogP contribution in [0.2, 0.25) is 5.02 Å². The van der Waals surface area contributed by atoms with E-state index in [1.165, 1.54) is 12.8 Å². The van der Waals surface area contributed by atoms with E-state index >= 15 is 0 Å². The lowest BCUT2D eigenvalue weighted by atomic mass is 10.2. The van der Waals surface area contributed by atoms with Crippen molar-refractivity contribution in [3.8, 4) is 5.75 Å². The van der Waals surface area contributed by atoms with E-state index < -0.39 is 0 Å². The second kappa shape index (κ2) is 6.66. The standard InChI is InChI=1S/C14H20ClN3O/c1-3-16-14(18-12-6-7-12)17-9-10-4-5-11(15)8-13(10)19-2/h4-5,8,12H,3,6-7,9H2,1-2H3,(H2,16,17,18). The molecule has 2 N–H and O–H groups in total. The van der Waals surface area contributed by atoms with Crippen molar-refractivity contribution < 1.29 is 4.74 Å². The number of nitrogens with one attached hydrogen (secondary N) is 2. The fourth-order valence-electron chi connectivity index (χ4n) is 1.75. The van der Waals surface area contributed by atoms with Crippen LogP contribution >= 0.6 is 11.6 Å². The maximum absolute atomic E-state index is 5.94. The highest BCUT2D eigenvalue weighted by Crippen LogP contribution is 2.24. The lowest BCUT2D eigenvalue weighted by Gasteiger charge is -2.11. The molecule has 0 atom stereocenters. The zero-order chi connectivity index (χ0) is 13.7. The molecule has 4 nitrogen and oxygen atoms in total. The summed E-state index contributed by atoms with van der Waals surface area (Å²) in [4.78, 5) is 4.57. The summed E-state index contributed by atoms with van der Waals surface area (Å²) in [7, 11) is 1.65. The van der Waals surface area contributed by atoms with Crippen molar-refractivity contribution in [2.45, 2.75) is 32.4 Å². The van der Waals surface area contributed by atoms with E-state index in [1.807, 2.05) is 18.2 Å². The van der Waals surface area contributed by atoms with Crippen molar-refractivity contribution in [3.05, 3.63) is 28.8 Å². The predicted octanol–water partition coefficient (Wildman–Crippen LogP) is 2.57. The molecule has 1 aliphatic carbocycles. The highest BCUT2D eigenvalue weighted by Gasteiger charge is 2.22. The third-order valence-electron chi connectivity index (χ3n) is 2.92. The molecule has 1 aromatic carbocycles. The van der Waals surface area contributed by atoms with Gasteiger partial charge in [-0.05, 0) is 31.9 Å². The minimum absolute atomic E-state index is 0.572. The molecule has 1 saturated carbocycles. The summed E-state index contributed by atoms with van der Waals surface area (Å²) in [6.07, 6.45) is 2.46. The number of rotatable bonds is 5. The Morgan fingerprint density at radius 1 is 1.47 bits per heavy atom. The van der Waals surface area contributed by atoms with Gasteiger partial charge < -0.3 is 15.4 Å². The summed E-state index contributed by atoms with van der Waals surface area (Å²) in [6, 6.07) is 6.21. The van der Waals surface area contributed by atoms with Crippen LogP contribution in [0, 0.1) is 0 Å². The van der Waals surface area contributed by atoms with Gasteiger partial charge in [-0.3, -0.25) is 0 Å². The fraction of sp³-hybridized carbons (Fsp3) is 0.500. The quantitative estimate of drug-likeness (QED) is 0.644. The predicted molar refractivity (Wildman–Crippen MR) is 79.0 cm³/mol. The first-order valence-electron chi connectivity index (χ1n) is 6.60. The van der Waals surface area contributed by atoms with Crippen LogP contribution in [0.25, 0.3) is 0 Å². The third kappa shape index (κ3) is 4.31. The smallest absolute Gasteiger partial charge is 0.191 e. The molecule has 0 heterocycles. The molecular formula is C14H20ClN3O. The Balaban J connectivity index is 2.05. The van der Waals surface area contributed by atoms with Gasteiger partial charge in [0.1, 0.15) is 5.75 Å². The summed E-state index contributed by atoms with van der Waals surface area (Å²) in [5.41, 5.74) is 1.03. The average Bonchev–Trinajstić information content (AvgIpc) is 3.21. The van der Waals surface area contributed by atoms with E-state index in [-0.39, 0.29) is 0 Å². The summed E-state index contributed by atoms with van der Waals surface area (Å²) in [5.74, 6) is 1.64. The lowest BCUT2D eigenvalue weighted by molar-refractivity contribution is 0.410. The highest BCUT2D eigenvalue weighted by molar-refractivity contribution is 6.30. The van der Waals surface area contributed by atoms with Gasteiger partial charge in [0.25, 0.3) is 0 Å². The number of guanidine groups is 1. The van der Waals surface area contributed by atoms with Crippen LogP contribution in [0.1, 0.15) is 25.3 Å². The van der Waals surface area contributed by atoms with Crippen LogP contribution in [-0.2, 0) is 6.54 Å². The van der Waals surface area contributed by atoms with Crippen molar-refractivity contribution >= 4 is 17.6 Å². The first-order valence-corrected chi connectivity index (χ1v) is 6.98. The fourth-order valence-corrected chi connectivity index (χ4v) is 1.92. The number of methoxy groups -OCH3 is 1. The Labute approximate surface area is 119 Å². The van der Waals surface area contributed by atoms with E-state index in [0.717, 1.165) is 23.8 Å². The molecular weight excluding hydrogens is 262 g/mol. The van der Waals surface area contributed by atoms with Gasteiger partial charge in [-0.1, -0.05) is 17.7 Å². The van der Waals surface area contributed by atoms with Crippen molar-refractivity contribution in [2.24, 2.45) is 4.99 Å². The molecule has 0 bridgehead atoms. The zero-order valence-electron chi connectivity index (χ0n) is 11.4. The van der Waals surface area contributed by atoms with Gasteiger partial charge in [0.05, 0.1) is 13.7 Å². The number of ether oxygens (including phenoxy) is 1. The molecule has 1 aliphatic rings. The van der Waals surface area contributed by atoms with Gasteiger partial charge in [0.2, 0.25) is 0 Å². The summed E-state index contributed by atoms with van der Waals surface area (Å²) < 4.78 is 5.32. The van der Waals surface area contributed by atoms with E-state index in [9.17, 15) is 0 Å². The number of benzene rings is 1. The molecule has 0 spiro atoms. The van der Waals surface area contributed by atoms with Gasteiger partial charge in [-0.25, -0.2) is 4.99 Å². The maximum atomic E-state index is 5.94. The van der Waals surface area contributed by atoms with Gasteiger partial charge in [0.15, 0.2) is 5.96 Å². The number of hydrogen-bond donors (Lipinski definition) is 2. The Hall–Kier alpha value is -1.42. The first-order chi connectivity index (χ1) is 9.22. The van der Waals surface area contributed by atoms with Crippen molar-refractivity contribution in [3.63, 3.8) is 0 Å². The van der Waals surface area contributed by atoms with Gasteiger partial charge in [-0.15, -0.1) is 0 Å². The molecule has 1 fully saturated rings. The van der Waals surface area contributed by atoms with Crippen LogP contribution in [0.15, 0.2) is 23.2 Å². The summed E-state index contributed by atoms with van der Waals surface area (Å²) in [6.45, 7) is 3.49. The van der Waals surface area contributed by atoms with Crippen molar-refractivity contribution in [1.29, 1.82) is 0 Å². The first kappa shape index (κ1) is 14.0.